The Kier molecular flexibility index (Phi) is 6.83. The van der Waals surface area contributed by atoms with Gasteiger partial charge in [0.2, 0.25) is 5.28 Å². The Labute approximate surface area is 243 Å². The molecule has 0 fully saturated rings. The van der Waals surface area contributed by atoms with Crippen LogP contribution >= 0.6 is 34.5 Å². The van der Waals surface area contributed by atoms with Crippen LogP contribution in [0, 0.1) is 6.92 Å². The average molecular weight is 612 g/mol. The van der Waals surface area contributed by atoms with E-state index in [1.165, 1.54) is 23.7 Å². The molecule has 0 spiro atoms. The van der Waals surface area contributed by atoms with Gasteiger partial charge in [0.15, 0.2) is 5.65 Å². The molecular formula is C27H20Cl2N6O3S2. The number of anilines is 1. The van der Waals surface area contributed by atoms with E-state index < -0.39 is 10.0 Å². The monoisotopic (exact) mass is 610 g/mol. The lowest BCUT2D eigenvalue weighted by Gasteiger charge is -2.10. The largest absolute Gasteiger partial charge is 0.506 e. The number of benzene rings is 2. The van der Waals surface area contributed by atoms with E-state index in [1.54, 1.807) is 49.5 Å². The van der Waals surface area contributed by atoms with Gasteiger partial charge in [-0.3, -0.25) is 4.98 Å². The molecule has 4 heterocycles. The molecular weight excluding hydrogens is 591 g/mol. The number of rotatable bonds is 7. The van der Waals surface area contributed by atoms with Crippen LogP contribution in [-0.2, 0) is 22.4 Å². The van der Waals surface area contributed by atoms with Crippen molar-refractivity contribution in [1.29, 1.82) is 0 Å². The summed E-state index contributed by atoms with van der Waals surface area (Å²) in [6, 6.07) is 13.8. The Morgan fingerprint density at radius 2 is 1.90 bits per heavy atom. The molecule has 0 radical (unpaired) electrons. The molecule has 2 aromatic carbocycles. The molecule has 9 nitrogen and oxygen atoms in total. The van der Waals surface area contributed by atoms with Crippen molar-refractivity contribution in [3.8, 4) is 16.9 Å². The Morgan fingerprint density at radius 1 is 1.07 bits per heavy atom. The van der Waals surface area contributed by atoms with Gasteiger partial charge in [0.05, 0.1) is 34.4 Å². The van der Waals surface area contributed by atoms with Gasteiger partial charge < -0.3 is 10.4 Å². The first-order chi connectivity index (χ1) is 19.2. The molecule has 0 unspecified atom stereocenters. The van der Waals surface area contributed by atoms with Crippen LogP contribution < -0.4 is 5.32 Å². The Morgan fingerprint density at radius 3 is 2.67 bits per heavy atom. The molecule has 0 bridgehead atoms. The highest BCUT2D eigenvalue weighted by atomic mass is 35.5. The van der Waals surface area contributed by atoms with E-state index in [-0.39, 0.29) is 21.6 Å². The SMILES string of the molecule is Cc1ccccc1S(=O)(=O)n1cc(-c2ccc3ncc(O)cc3c2)c2c(NCc3ncc(CCl)s3)nc(Cl)nc21. The van der Waals surface area contributed by atoms with Gasteiger partial charge in [0.25, 0.3) is 10.0 Å². The number of hydrogen-bond donors (Lipinski definition) is 2. The Bertz CT molecular complexity index is 2020. The highest BCUT2D eigenvalue weighted by molar-refractivity contribution is 7.90. The molecule has 4 aromatic heterocycles. The summed E-state index contributed by atoms with van der Waals surface area (Å²) >= 11 is 13.7. The second-order valence-electron chi connectivity index (χ2n) is 8.96. The fourth-order valence-electron chi connectivity index (χ4n) is 4.49. The van der Waals surface area contributed by atoms with Gasteiger partial charge in [-0.25, -0.2) is 22.4 Å². The van der Waals surface area contributed by atoms with Gasteiger partial charge in [-0.1, -0.05) is 24.3 Å². The first-order valence-electron chi connectivity index (χ1n) is 12.0. The molecule has 13 heteroatoms. The third-order valence-electron chi connectivity index (χ3n) is 6.34. The van der Waals surface area contributed by atoms with Crippen LogP contribution in [0.5, 0.6) is 5.75 Å². The molecule has 0 aliphatic rings. The molecule has 2 N–H and O–H groups in total. The van der Waals surface area contributed by atoms with Crippen molar-refractivity contribution in [2.75, 3.05) is 5.32 Å². The molecule has 6 rings (SSSR count). The summed E-state index contributed by atoms with van der Waals surface area (Å²) in [5, 5.41) is 15.1. The molecule has 40 heavy (non-hydrogen) atoms. The zero-order valence-corrected chi connectivity index (χ0v) is 24.0. The van der Waals surface area contributed by atoms with E-state index >= 15 is 0 Å². The third-order valence-corrected chi connectivity index (χ3v) is 9.76. The Balaban J connectivity index is 1.59. The molecule has 6 aromatic rings. The van der Waals surface area contributed by atoms with E-state index in [9.17, 15) is 13.5 Å². The topological polar surface area (TPSA) is 123 Å². The minimum atomic E-state index is -4.07. The lowest BCUT2D eigenvalue weighted by atomic mass is 10.0. The average Bonchev–Trinajstić information content (AvgIpc) is 3.56. The summed E-state index contributed by atoms with van der Waals surface area (Å²) in [6.45, 7) is 2.05. The number of pyridine rings is 1. The molecule has 0 saturated carbocycles. The van der Waals surface area contributed by atoms with Gasteiger partial charge in [0, 0.05) is 28.2 Å². The number of nitrogens with zero attached hydrogens (tertiary/aromatic N) is 5. The highest BCUT2D eigenvalue weighted by Gasteiger charge is 2.27. The van der Waals surface area contributed by atoms with E-state index in [1.807, 2.05) is 12.1 Å². The van der Waals surface area contributed by atoms with Gasteiger partial charge >= 0.3 is 0 Å². The fourth-order valence-corrected chi connectivity index (χ4v) is 7.14. The number of halogens is 2. The van der Waals surface area contributed by atoms with Crippen molar-refractivity contribution in [3.63, 3.8) is 0 Å². The Hall–Kier alpha value is -3.77. The lowest BCUT2D eigenvalue weighted by Crippen LogP contribution is -2.14. The van der Waals surface area contributed by atoms with E-state index in [0.29, 0.717) is 51.2 Å². The van der Waals surface area contributed by atoms with Gasteiger partial charge in [0.1, 0.15) is 16.6 Å². The number of thiazole rings is 1. The standard InChI is InChI=1S/C27H20Cl2N6O3S2/c1-15-4-2-3-5-22(15)40(37,38)35-14-20(16-6-7-21-17(8-16)9-18(36)11-30-21)24-25(33-27(29)34-26(24)35)32-13-23-31-12-19(10-28)39-23/h2-9,11-12,14,36H,10,13H2,1H3,(H,32,33,34). The zero-order valence-electron chi connectivity index (χ0n) is 20.8. The van der Waals surface area contributed by atoms with Crippen LogP contribution in [0.3, 0.4) is 0 Å². The van der Waals surface area contributed by atoms with Crippen molar-refractivity contribution in [3.05, 3.63) is 87.9 Å². The summed E-state index contributed by atoms with van der Waals surface area (Å²) in [4.78, 5) is 18.5. The van der Waals surface area contributed by atoms with Crippen LogP contribution in [0.25, 0.3) is 33.1 Å². The minimum absolute atomic E-state index is 0.0199. The lowest BCUT2D eigenvalue weighted by molar-refractivity contribution is 0.474. The van der Waals surface area contributed by atoms with Crippen LogP contribution in [0.4, 0.5) is 5.82 Å². The number of nitrogens with one attached hydrogen (secondary N) is 1. The summed E-state index contributed by atoms with van der Waals surface area (Å²) < 4.78 is 29.1. The predicted molar refractivity (Wildman–Crippen MR) is 158 cm³/mol. The number of aryl methyl sites for hydroxylation is 1. The molecule has 0 aliphatic heterocycles. The van der Waals surface area contributed by atoms with E-state index in [4.69, 9.17) is 23.2 Å². The maximum Gasteiger partial charge on any atom is 0.269 e. The van der Waals surface area contributed by atoms with Crippen LogP contribution in [-0.4, -0.2) is 37.4 Å². The second-order valence-corrected chi connectivity index (χ2v) is 12.5. The van der Waals surface area contributed by atoms with Gasteiger partial charge in [-0.2, -0.15) is 4.98 Å². The number of fused-ring (bicyclic) bond motifs is 2. The second kappa shape index (κ2) is 10.3. The molecule has 202 valence electrons. The molecule has 0 amide bonds. The predicted octanol–water partition coefficient (Wildman–Crippen LogP) is 6.36. The summed E-state index contributed by atoms with van der Waals surface area (Å²) in [7, 11) is -4.07. The number of aromatic nitrogens is 5. The highest BCUT2D eigenvalue weighted by Crippen LogP contribution is 2.38. The van der Waals surface area contributed by atoms with Crippen LogP contribution in [0.1, 0.15) is 15.4 Å². The van der Waals surface area contributed by atoms with Gasteiger partial charge in [-0.05, 0) is 53.9 Å². The van der Waals surface area contributed by atoms with Crippen LogP contribution in [0.15, 0.2) is 72.0 Å². The molecule has 0 saturated heterocycles. The number of hydrogen-bond acceptors (Lipinski definition) is 9. The molecule has 0 aliphatic carbocycles. The fraction of sp³-hybridized carbons (Fsp3) is 0.111. The van der Waals surface area contributed by atoms with E-state index in [0.717, 1.165) is 13.9 Å². The molecule has 0 atom stereocenters. The van der Waals surface area contributed by atoms with Crippen molar-refractivity contribution < 1.29 is 13.5 Å². The summed E-state index contributed by atoms with van der Waals surface area (Å²) in [6.07, 6.45) is 4.61. The van der Waals surface area contributed by atoms with Crippen LogP contribution in [0.2, 0.25) is 5.28 Å². The van der Waals surface area contributed by atoms with Gasteiger partial charge in [-0.15, -0.1) is 22.9 Å². The summed E-state index contributed by atoms with van der Waals surface area (Å²) in [5.74, 6) is 0.726. The maximum atomic E-state index is 14.0. The smallest absolute Gasteiger partial charge is 0.269 e. The zero-order chi connectivity index (χ0) is 28.0. The van der Waals surface area contributed by atoms with E-state index in [2.05, 4.69) is 25.3 Å². The van der Waals surface area contributed by atoms with Crippen molar-refractivity contribution in [2.45, 2.75) is 24.2 Å². The summed E-state index contributed by atoms with van der Waals surface area (Å²) in [5.41, 5.74) is 2.62. The first kappa shape index (κ1) is 26.5. The quantitative estimate of drug-likeness (QED) is 0.158. The van der Waals surface area contributed by atoms with Crippen molar-refractivity contribution >= 4 is 72.3 Å². The minimum Gasteiger partial charge on any atom is -0.506 e. The number of alkyl halides is 1. The first-order valence-corrected chi connectivity index (χ1v) is 15.1. The van der Waals surface area contributed by atoms with Crippen molar-refractivity contribution in [1.82, 2.24) is 23.9 Å². The normalized spacial score (nSPS) is 11.9. The number of aromatic hydroxyl groups is 1. The van der Waals surface area contributed by atoms with Crippen molar-refractivity contribution in [2.24, 2.45) is 0 Å². The maximum absolute atomic E-state index is 14.0. The third kappa shape index (κ3) is 4.75.